The zero-order chi connectivity index (χ0) is 33.1. The van der Waals surface area contributed by atoms with Crippen LogP contribution in [0.4, 0.5) is 8.78 Å². The number of aromatic nitrogens is 1. The van der Waals surface area contributed by atoms with Crippen LogP contribution in [0.15, 0.2) is 54.7 Å². The number of pyridine rings is 1. The number of rotatable bonds is 13. The summed E-state index contributed by atoms with van der Waals surface area (Å²) in [5.41, 5.74) is 0.815. The van der Waals surface area contributed by atoms with Gasteiger partial charge < -0.3 is 14.2 Å². The monoisotopic (exact) mass is 622 g/mol. The third-order valence-corrected chi connectivity index (χ3v) is 8.28. The highest BCUT2D eigenvalue weighted by Crippen LogP contribution is 2.50. The van der Waals surface area contributed by atoms with Crippen molar-refractivity contribution in [3.05, 3.63) is 77.2 Å². The second-order valence-electron chi connectivity index (χ2n) is 13.8. The van der Waals surface area contributed by atoms with E-state index in [1.54, 1.807) is 26.8 Å². The largest absolute Gasteiger partial charge is 0.489 e. The van der Waals surface area contributed by atoms with Crippen molar-refractivity contribution >= 4 is 5.97 Å². The van der Waals surface area contributed by atoms with E-state index in [0.29, 0.717) is 29.3 Å². The van der Waals surface area contributed by atoms with Gasteiger partial charge in [0.1, 0.15) is 23.8 Å². The summed E-state index contributed by atoms with van der Waals surface area (Å²) in [6, 6.07) is 15.4. The molecule has 0 radical (unpaired) electrons. The molecular formula is C37H48F2N2O4. The maximum Gasteiger partial charge on any atom is 0.344 e. The van der Waals surface area contributed by atoms with Gasteiger partial charge in [0.15, 0.2) is 0 Å². The van der Waals surface area contributed by atoms with Gasteiger partial charge in [0.25, 0.3) is 0 Å². The number of ether oxygens (including phenoxy) is 3. The Bertz CT molecular complexity index is 1470. The SMILES string of the molecule is COc1cc(-c2ccc(COc3cccc(C(C4CC4)[C@@](C)(F)C(=O)OC(C)(C)C)c3)cc2CN(C(C)C)C(C)C)c(F)cn1. The molecule has 0 bridgehead atoms. The summed E-state index contributed by atoms with van der Waals surface area (Å²) in [7, 11) is 1.51. The van der Waals surface area contributed by atoms with E-state index in [1.807, 2.05) is 36.4 Å². The molecule has 1 aliphatic rings. The Kier molecular flexibility index (Phi) is 10.6. The van der Waals surface area contributed by atoms with Gasteiger partial charge in [-0.3, -0.25) is 4.90 Å². The molecule has 1 saturated carbocycles. The van der Waals surface area contributed by atoms with Crippen molar-refractivity contribution < 1.29 is 27.8 Å². The fraction of sp³-hybridized carbons (Fsp3) is 0.514. The topological polar surface area (TPSA) is 60.9 Å². The molecule has 2 atom stereocenters. The van der Waals surface area contributed by atoms with Crippen LogP contribution in [0.2, 0.25) is 0 Å². The van der Waals surface area contributed by atoms with E-state index in [1.165, 1.54) is 20.2 Å². The summed E-state index contributed by atoms with van der Waals surface area (Å²) in [6.45, 7) is 16.0. The van der Waals surface area contributed by atoms with Crippen LogP contribution < -0.4 is 9.47 Å². The maximum atomic E-state index is 16.2. The number of carbonyl (C=O) groups excluding carboxylic acids is 1. The summed E-state index contributed by atoms with van der Waals surface area (Å²) in [6.07, 6.45) is 2.91. The molecule has 1 heterocycles. The van der Waals surface area contributed by atoms with Gasteiger partial charge in [-0.25, -0.2) is 18.6 Å². The van der Waals surface area contributed by atoms with Crippen molar-refractivity contribution in [1.29, 1.82) is 0 Å². The molecule has 0 aliphatic heterocycles. The van der Waals surface area contributed by atoms with Crippen LogP contribution in [0.5, 0.6) is 11.6 Å². The predicted octanol–water partition coefficient (Wildman–Crippen LogP) is 8.66. The molecule has 1 fully saturated rings. The average Bonchev–Trinajstić information content (AvgIpc) is 3.79. The smallest absolute Gasteiger partial charge is 0.344 e. The molecule has 3 aromatic rings. The van der Waals surface area contributed by atoms with E-state index >= 15 is 8.78 Å². The molecular weight excluding hydrogens is 574 g/mol. The quantitative estimate of drug-likeness (QED) is 0.178. The van der Waals surface area contributed by atoms with E-state index in [2.05, 4.69) is 43.6 Å². The minimum absolute atomic E-state index is 0.0648. The second-order valence-corrected chi connectivity index (χ2v) is 13.8. The summed E-state index contributed by atoms with van der Waals surface area (Å²) >= 11 is 0. The van der Waals surface area contributed by atoms with Gasteiger partial charge >= 0.3 is 5.97 Å². The van der Waals surface area contributed by atoms with Gasteiger partial charge in [0, 0.05) is 36.2 Å². The molecule has 4 rings (SSSR count). The summed E-state index contributed by atoms with van der Waals surface area (Å²) in [5, 5.41) is 0. The van der Waals surface area contributed by atoms with Crippen LogP contribution in [0.1, 0.15) is 90.8 Å². The summed E-state index contributed by atoms with van der Waals surface area (Å²) in [4.78, 5) is 19.3. The molecule has 0 N–H and O–H groups in total. The molecule has 45 heavy (non-hydrogen) atoms. The van der Waals surface area contributed by atoms with E-state index in [-0.39, 0.29) is 24.6 Å². The third kappa shape index (κ3) is 8.60. The zero-order valence-electron chi connectivity index (χ0n) is 28.1. The minimum Gasteiger partial charge on any atom is -0.489 e. The number of nitrogens with zero attached hydrogens (tertiary/aromatic N) is 2. The fourth-order valence-electron chi connectivity index (χ4n) is 5.95. The van der Waals surface area contributed by atoms with Gasteiger partial charge in [-0.2, -0.15) is 0 Å². The molecule has 8 heteroatoms. The molecule has 0 saturated heterocycles. The molecule has 2 aromatic carbocycles. The lowest BCUT2D eigenvalue weighted by atomic mass is 9.80. The van der Waals surface area contributed by atoms with Crippen LogP contribution in [-0.4, -0.2) is 46.3 Å². The molecule has 0 amide bonds. The lowest BCUT2D eigenvalue weighted by Crippen LogP contribution is -2.43. The molecule has 1 aliphatic carbocycles. The number of methoxy groups -OCH3 is 1. The van der Waals surface area contributed by atoms with Gasteiger partial charge in [0.2, 0.25) is 11.5 Å². The second kappa shape index (κ2) is 13.9. The van der Waals surface area contributed by atoms with Gasteiger partial charge in [0.05, 0.1) is 13.3 Å². The fourth-order valence-corrected chi connectivity index (χ4v) is 5.95. The van der Waals surface area contributed by atoms with Crippen LogP contribution in [0.25, 0.3) is 11.1 Å². The van der Waals surface area contributed by atoms with E-state index in [0.717, 1.165) is 29.5 Å². The number of benzene rings is 2. The van der Waals surface area contributed by atoms with Gasteiger partial charge in [-0.15, -0.1) is 0 Å². The van der Waals surface area contributed by atoms with E-state index in [4.69, 9.17) is 14.2 Å². The van der Waals surface area contributed by atoms with E-state index in [9.17, 15) is 4.79 Å². The first-order valence-corrected chi connectivity index (χ1v) is 15.8. The zero-order valence-corrected chi connectivity index (χ0v) is 28.1. The molecule has 0 spiro atoms. The summed E-state index contributed by atoms with van der Waals surface area (Å²) in [5.74, 6) is -0.905. The molecule has 244 valence electrons. The van der Waals surface area contributed by atoms with Crippen molar-refractivity contribution in [1.82, 2.24) is 9.88 Å². The normalized spacial score (nSPS) is 15.7. The first kappa shape index (κ1) is 34.4. The van der Waals surface area contributed by atoms with Crippen molar-refractivity contribution in [2.75, 3.05) is 7.11 Å². The standard InChI is InChI=1S/C37H48F2N2O4/c1-23(2)41(24(3)4)21-28-17-25(13-16-30(28)31-19-33(43-9)40-20-32(31)38)22-44-29-12-10-11-27(18-29)34(26-14-15-26)37(8,39)35(42)45-36(5,6)7/h10-13,16-20,23-24,26,34H,14-15,21-22H2,1-9H3/t34?,37-/m1/s1. The molecule has 1 unspecified atom stereocenters. The summed E-state index contributed by atoms with van der Waals surface area (Å²) < 4.78 is 48.2. The Hall–Kier alpha value is -3.52. The van der Waals surface area contributed by atoms with Crippen molar-refractivity contribution in [2.24, 2.45) is 5.92 Å². The molecule has 6 nitrogen and oxygen atoms in total. The van der Waals surface area contributed by atoms with Crippen LogP contribution in [0.3, 0.4) is 0 Å². The Morgan fingerprint density at radius 1 is 1.00 bits per heavy atom. The highest BCUT2D eigenvalue weighted by atomic mass is 19.1. The lowest BCUT2D eigenvalue weighted by Gasteiger charge is -2.32. The first-order valence-electron chi connectivity index (χ1n) is 15.8. The number of halogens is 2. The third-order valence-electron chi connectivity index (χ3n) is 8.28. The lowest BCUT2D eigenvalue weighted by molar-refractivity contribution is -0.170. The average molecular weight is 623 g/mol. The number of hydrogen-bond donors (Lipinski definition) is 0. The van der Waals surface area contributed by atoms with E-state index < -0.39 is 29.0 Å². The van der Waals surface area contributed by atoms with Crippen molar-refractivity contribution in [3.8, 4) is 22.8 Å². The Morgan fingerprint density at radius 3 is 2.29 bits per heavy atom. The van der Waals surface area contributed by atoms with Gasteiger partial charge in [-0.1, -0.05) is 30.3 Å². The highest BCUT2D eigenvalue weighted by Gasteiger charge is 2.51. The number of hydrogen-bond acceptors (Lipinski definition) is 6. The minimum atomic E-state index is -2.18. The molecule has 1 aromatic heterocycles. The highest BCUT2D eigenvalue weighted by molar-refractivity contribution is 5.81. The first-order chi connectivity index (χ1) is 21.1. The van der Waals surface area contributed by atoms with Crippen molar-refractivity contribution in [3.63, 3.8) is 0 Å². The van der Waals surface area contributed by atoms with Crippen LogP contribution in [-0.2, 0) is 22.7 Å². The number of carbonyl (C=O) groups is 1. The number of esters is 1. The van der Waals surface area contributed by atoms with Gasteiger partial charge in [-0.05, 0) is 109 Å². The van der Waals surface area contributed by atoms with Crippen molar-refractivity contribution in [2.45, 2.75) is 111 Å². The Morgan fingerprint density at radius 2 is 1.69 bits per heavy atom. The Balaban J connectivity index is 1.62. The maximum absolute atomic E-state index is 16.2. The number of alkyl halides is 1. The Labute approximate surface area is 267 Å². The van der Waals surface area contributed by atoms with Crippen LogP contribution in [0, 0.1) is 11.7 Å². The van der Waals surface area contributed by atoms with Crippen LogP contribution >= 0.6 is 0 Å². The predicted molar refractivity (Wildman–Crippen MR) is 174 cm³/mol.